The number of benzene rings is 1. The van der Waals surface area contributed by atoms with Gasteiger partial charge in [-0.2, -0.15) is 9.61 Å². The van der Waals surface area contributed by atoms with Gasteiger partial charge in [0.25, 0.3) is 11.5 Å². The molecule has 7 nitrogen and oxygen atoms in total. The number of fused-ring (bicyclic) bond motifs is 1. The maximum absolute atomic E-state index is 12.6. The lowest BCUT2D eigenvalue weighted by Crippen LogP contribution is -2.48. The number of amides is 1. The minimum Gasteiger partial charge on any atom is -0.336 e. The number of halogens is 1. The molecule has 1 saturated heterocycles. The molecule has 9 heteroatoms. The summed E-state index contributed by atoms with van der Waals surface area (Å²) in [5.74, 6) is 0.0255. The summed E-state index contributed by atoms with van der Waals surface area (Å²) in [6.07, 6.45) is 0. The summed E-state index contributed by atoms with van der Waals surface area (Å²) in [7, 11) is 0. The average molecular weight is 404 g/mol. The fourth-order valence-corrected chi connectivity index (χ4v) is 4.21. The van der Waals surface area contributed by atoms with Crippen LogP contribution in [0.15, 0.2) is 35.1 Å². The van der Waals surface area contributed by atoms with E-state index in [0.29, 0.717) is 40.9 Å². The van der Waals surface area contributed by atoms with Gasteiger partial charge in [-0.15, -0.1) is 0 Å². The molecule has 0 saturated carbocycles. The van der Waals surface area contributed by atoms with E-state index in [-0.39, 0.29) is 11.5 Å². The summed E-state index contributed by atoms with van der Waals surface area (Å²) in [4.78, 5) is 33.6. The Labute approximate surface area is 164 Å². The molecule has 0 radical (unpaired) electrons. The molecule has 2 aromatic heterocycles. The number of rotatable bonds is 3. The molecule has 0 aliphatic carbocycles. The highest BCUT2D eigenvalue weighted by Crippen LogP contribution is 2.17. The van der Waals surface area contributed by atoms with Gasteiger partial charge in [-0.05, 0) is 31.2 Å². The molecule has 1 fully saturated rings. The summed E-state index contributed by atoms with van der Waals surface area (Å²) < 4.78 is 1.35. The van der Waals surface area contributed by atoms with Crippen molar-refractivity contribution in [1.82, 2.24) is 24.4 Å². The van der Waals surface area contributed by atoms with E-state index in [1.165, 1.54) is 21.9 Å². The Hall–Kier alpha value is -2.29. The minimum absolute atomic E-state index is 0.0255. The normalized spacial score (nSPS) is 15.4. The second kappa shape index (κ2) is 7.38. The molecule has 4 rings (SSSR count). The Morgan fingerprint density at radius 2 is 1.89 bits per heavy atom. The summed E-state index contributed by atoms with van der Waals surface area (Å²) >= 11 is 7.31. The minimum atomic E-state index is -0.154. The fraction of sp³-hybridized carbons (Fsp3) is 0.333. The van der Waals surface area contributed by atoms with Gasteiger partial charge in [-0.1, -0.05) is 22.9 Å². The van der Waals surface area contributed by atoms with Gasteiger partial charge >= 0.3 is 0 Å². The summed E-state index contributed by atoms with van der Waals surface area (Å²) in [6, 6.07) is 8.46. The van der Waals surface area contributed by atoms with Gasteiger partial charge in [0, 0.05) is 48.5 Å². The lowest BCUT2D eigenvalue weighted by molar-refractivity contribution is 0.0628. The summed E-state index contributed by atoms with van der Waals surface area (Å²) in [5, 5.41) is 5.85. The molecule has 0 spiro atoms. The molecule has 1 aliphatic rings. The van der Waals surface area contributed by atoms with Crippen LogP contribution in [-0.4, -0.2) is 56.5 Å². The molecule has 140 valence electrons. The zero-order valence-electron chi connectivity index (χ0n) is 14.8. The van der Waals surface area contributed by atoms with Gasteiger partial charge in [0.1, 0.15) is 5.01 Å². The molecular weight excluding hydrogens is 386 g/mol. The third-order valence-corrected chi connectivity index (χ3v) is 5.67. The highest BCUT2D eigenvalue weighted by atomic mass is 35.5. The predicted molar refractivity (Wildman–Crippen MR) is 105 cm³/mol. The maximum Gasteiger partial charge on any atom is 0.275 e. The van der Waals surface area contributed by atoms with E-state index in [2.05, 4.69) is 15.0 Å². The number of piperazine rings is 1. The van der Waals surface area contributed by atoms with Gasteiger partial charge in [0.15, 0.2) is 0 Å². The first-order valence-corrected chi connectivity index (χ1v) is 9.82. The molecular formula is C18H18ClN5O2S. The van der Waals surface area contributed by atoms with Crippen molar-refractivity contribution in [2.24, 2.45) is 0 Å². The van der Waals surface area contributed by atoms with Crippen LogP contribution in [0.1, 0.15) is 21.1 Å². The average Bonchev–Trinajstić information content (AvgIpc) is 3.05. The van der Waals surface area contributed by atoms with Crippen molar-refractivity contribution in [1.29, 1.82) is 0 Å². The van der Waals surface area contributed by atoms with E-state index >= 15 is 0 Å². The van der Waals surface area contributed by atoms with Crippen LogP contribution in [0.3, 0.4) is 0 Å². The van der Waals surface area contributed by atoms with E-state index in [4.69, 9.17) is 11.6 Å². The molecule has 3 heterocycles. The quantitative estimate of drug-likeness (QED) is 0.669. The Morgan fingerprint density at radius 3 is 2.59 bits per heavy atom. The van der Waals surface area contributed by atoms with E-state index in [1.807, 2.05) is 4.90 Å². The van der Waals surface area contributed by atoms with E-state index in [1.54, 1.807) is 31.2 Å². The largest absolute Gasteiger partial charge is 0.336 e. The third-order valence-electron chi connectivity index (χ3n) is 4.52. The number of carbonyl (C=O) groups is 1. The second-order valence-electron chi connectivity index (χ2n) is 6.50. The van der Waals surface area contributed by atoms with Gasteiger partial charge in [-0.3, -0.25) is 14.5 Å². The molecule has 1 amide bonds. The lowest BCUT2D eigenvalue weighted by atomic mass is 10.2. The first-order chi connectivity index (χ1) is 13.0. The SMILES string of the molecule is Cc1cc(=O)n2nc(CN3CCN(C(=O)c4ccc(Cl)cc4)CC3)sc2n1. The Kier molecular flexibility index (Phi) is 4.94. The van der Waals surface area contributed by atoms with E-state index < -0.39 is 0 Å². The molecule has 0 N–H and O–H groups in total. The smallest absolute Gasteiger partial charge is 0.275 e. The van der Waals surface area contributed by atoms with Crippen LogP contribution >= 0.6 is 22.9 Å². The number of aromatic nitrogens is 3. The molecule has 0 bridgehead atoms. The number of carbonyl (C=O) groups excluding carboxylic acids is 1. The Balaban J connectivity index is 1.39. The van der Waals surface area contributed by atoms with Crippen LogP contribution in [-0.2, 0) is 6.54 Å². The number of hydrogen-bond donors (Lipinski definition) is 0. The first kappa shape index (κ1) is 18.1. The summed E-state index contributed by atoms with van der Waals surface area (Å²) in [6.45, 7) is 5.29. The van der Waals surface area contributed by atoms with Gasteiger partial charge < -0.3 is 4.90 Å². The van der Waals surface area contributed by atoms with Crippen LogP contribution in [0.2, 0.25) is 5.02 Å². The van der Waals surface area contributed by atoms with Crippen molar-refractivity contribution in [2.75, 3.05) is 26.2 Å². The topological polar surface area (TPSA) is 70.8 Å². The van der Waals surface area contributed by atoms with Gasteiger partial charge in [-0.25, -0.2) is 4.98 Å². The molecule has 27 heavy (non-hydrogen) atoms. The lowest BCUT2D eigenvalue weighted by Gasteiger charge is -2.34. The molecule has 0 atom stereocenters. The van der Waals surface area contributed by atoms with Crippen LogP contribution in [0.5, 0.6) is 0 Å². The van der Waals surface area contributed by atoms with Gasteiger partial charge in [0.05, 0.1) is 6.54 Å². The Bertz CT molecular complexity index is 1040. The highest BCUT2D eigenvalue weighted by molar-refractivity contribution is 7.16. The van der Waals surface area contributed by atoms with Crippen LogP contribution in [0.4, 0.5) is 0 Å². The van der Waals surface area contributed by atoms with E-state index in [9.17, 15) is 9.59 Å². The number of nitrogens with zero attached hydrogens (tertiary/aromatic N) is 5. The Morgan fingerprint density at radius 1 is 1.19 bits per heavy atom. The van der Waals surface area contributed by atoms with Crippen molar-refractivity contribution in [2.45, 2.75) is 13.5 Å². The fourth-order valence-electron chi connectivity index (χ4n) is 3.10. The number of aryl methyl sites for hydroxylation is 1. The molecule has 1 aromatic carbocycles. The molecule has 3 aromatic rings. The summed E-state index contributed by atoms with van der Waals surface area (Å²) in [5.41, 5.74) is 1.20. The second-order valence-corrected chi connectivity index (χ2v) is 7.98. The van der Waals surface area contributed by atoms with E-state index in [0.717, 1.165) is 18.1 Å². The van der Waals surface area contributed by atoms with Crippen molar-refractivity contribution < 1.29 is 4.79 Å². The highest BCUT2D eigenvalue weighted by Gasteiger charge is 2.23. The van der Waals surface area contributed by atoms with Crippen molar-refractivity contribution in [3.8, 4) is 0 Å². The van der Waals surface area contributed by atoms with Gasteiger partial charge in [0.2, 0.25) is 4.96 Å². The van der Waals surface area contributed by atoms with Crippen molar-refractivity contribution in [3.63, 3.8) is 0 Å². The zero-order valence-corrected chi connectivity index (χ0v) is 16.3. The number of hydrogen-bond acceptors (Lipinski definition) is 6. The van der Waals surface area contributed by atoms with Crippen molar-refractivity contribution in [3.05, 3.63) is 62.0 Å². The van der Waals surface area contributed by atoms with Crippen molar-refractivity contribution >= 4 is 33.8 Å². The molecule has 1 aliphatic heterocycles. The standard InChI is InChI=1S/C18H18ClN5O2S/c1-12-10-16(25)24-18(20-12)27-15(21-24)11-22-6-8-23(9-7-22)17(26)13-2-4-14(19)5-3-13/h2-5,10H,6-9,11H2,1H3. The van der Waals surface area contributed by atoms with Crippen LogP contribution in [0, 0.1) is 6.92 Å². The zero-order chi connectivity index (χ0) is 19.0. The predicted octanol–water partition coefficient (Wildman–Crippen LogP) is 2.07. The van der Waals surface area contributed by atoms with Crippen LogP contribution < -0.4 is 5.56 Å². The van der Waals surface area contributed by atoms with Crippen LogP contribution in [0.25, 0.3) is 4.96 Å². The monoisotopic (exact) mass is 403 g/mol. The maximum atomic E-state index is 12.6. The third kappa shape index (κ3) is 3.87. The first-order valence-electron chi connectivity index (χ1n) is 8.63. The molecule has 0 unspecified atom stereocenters.